The van der Waals surface area contributed by atoms with Gasteiger partial charge in [-0.3, -0.25) is 4.79 Å². The van der Waals surface area contributed by atoms with Crippen molar-refractivity contribution in [3.63, 3.8) is 0 Å². The minimum Gasteiger partial charge on any atom is -0.465 e. The molecule has 120 valence electrons. The number of amides is 2. The van der Waals surface area contributed by atoms with Crippen molar-refractivity contribution in [2.75, 3.05) is 0 Å². The van der Waals surface area contributed by atoms with Crippen LogP contribution in [0.15, 0.2) is 24.5 Å². The van der Waals surface area contributed by atoms with Crippen LogP contribution < -0.4 is 10.6 Å². The van der Waals surface area contributed by atoms with E-state index >= 15 is 0 Å². The molecule has 0 fully saturated rings. The Hall–Kier alpha value is -2.74. The maximum atomic E-state index is 12.1. The van der Waals surface area contributed by atoms with Crippen molar-refractivity contribution >= 4 is 23.6 Å². The molecule has 0 saturated heterocycles. The first-order valence-electron chi connectivity index (χ1n) is 6.63. The van der Waals surface area contributed by atoms with Crippen LogP contribution in [0.2, 0.25) is 5.15 Å². The summed E-state index contributed by atoms with van der Waals surface area (Å²) in [6.07, 6.45) is 2.08. The SMILES string of the molecule is Cc1ncc(CNC(=O)c2cc(CNC(=O)O)cc(Cl)n2)cn1. The third-order valence-electron chi connectivity index (χ3n) is 2.82. The van der Waals surface area contributed by atoms with Crippen molar-refractivity contribution < 1.29 is 14.7 Å². The molecule has 0 spiro atoms. The molecule has 0 radical (unpaired) electrons. The fraction of sp³-hybridized carbons (Fsp3) is 0.214. The molecular formula is C14H14ClN5O3. The van der Waals surface area contributed by atoms with Gasteiger partial charge in [0.15, 0.2) is 0 Å². The Morgan fingerprint density at radius 2 is 1.78 bits per heavy atom. The lowest BCUT2D eigenvalue weighted by Gasteiger charge is -2.07. The molecule has 3 N–H and O–H groups in total. The molecule has 2 amide bonds. The third kappa shape index (κ3) is 5.19. The molecule has 0 aliphatic heterocycles. The molecule has 0 bridgehead atoms. The van der Waals surface area contributed by atoms with Crippen molar-refractivity contribution in [2.24, 2.45) is 0 Å². The summed E-state index contributed by atoms with van der Waals surface area (Å²) >= 11 is 5.86. The zero-order chi connectivity index (χ0) is 16.8. The number of hydrogen-bond donors (Lipinski definition) is 3. The third-order valence-corrected chi connectivity index (χ3v) is 3.01. The summed E-state index contributed by atoms with van der Waals surface area (Å²) in [6.45, 7) is 2.05. The number of halogens is 1. The van der Waals surface area contributed by atoms with E-state index < -0.39 is 12.0 Å². The van der Waals surface area contributed by atoms with Crippen molar-refractivity contribution in [1.82, 2.24) is 25.6 Å². The second kappa shape index (κ2) is 7.50. The number of carboxylic acid groups (broad SMARTS) is 1. The van der Waals surface area contributed by atoms with Gasteiger partial charge in [0.1, 0.15) is 16.7 Å². The topological polar surface area (TPSA) is 117 Å². The molecule has 0 aliphatic rings. The monoisotopic (exact) mass is 335 g/mol. The lowest BCUT2D eigenvalue weighted by molar-refractivity contribution is 0.0945. The first-order chi connectivity index (χ1) is 10.9. The molecule has 0 saturated carbocycles. The van der Waals surface area contributed by atoms with Gasteiger partial charge in [-0.15, -0.1) is 0 Å². The minimum absolute atomic E-state index is 0.0314. The second-order valence-electron chi connectivity index (χ2n) is 4.66. The molecule has 2 aromatic rings. The van der Waals surface area contributed by atoms with Crippen LogP contribution in [0.5, 0.6) is 0 Å². The fourth-order valence-electron chi connectivity index (χ4n) is 1.73. The van der Waals surface area contributed by atoms with Gasteiger partial charge in [-0.05, 0) is 24.6 Å². The minimum atomic E-state index is -1.16. The van der Waals surface area contributed by atoms with E-state index in [1.807, 2.05) is 0 Å². The summed E-state index contributed by atoms with van der Waals surface area (Å²) in [7, 11) is 0. The van der Waals surface area contributed by atoms with Gasteiger partial charge in [0.25, 0.3) is 5.91 Å². The second-order valence-corrected chi connectivity index (χ2v) is 5.05. The maximum Gasteiger partial charge on any atom is 0.404 e. The number of rotatable bonds is 5. The zero-order valence-electron chi connectivity index (χ0n) is 12.2. The van der Waals surface area contributed by atoms with E-state index in [9.17, 15) is 9.59 Å². The Morgan fingerprint density at radius 1 is 1.13 bits per heavy atom. The quantitative estimate of drug-likeness (QED) is 0.713. The van der Waals surface area contributed by atoms with Crippen LogP contribution in [0.25, 0.3) is 0 Å². The molecule has 0 atom stereocenters. The summed E-state index contributed by atoms with van der Waals surface area (Å²) in [5, 5.41) is 13.6. The van der Waals surface area contributed by atoms with Crippen molar-refractivity contribution in [3.05, 3.63) is 52.3 Å². The average Bonchev–Trinajstić information content (AvgIpc) is 2.51. The molecule has 8 nitrogen and oxygen atoms in total. The number of aromatic nitrogens is 3. The maximum absolute atomic E-state index is 12.1. The van der Waals surface area contributed by atoms with Gasteiger partial charge in [-0.1, -0.05) is 11.6 Å². The Kier molecular flexibility index (Phi) is 5.42. The van der Waals surface area contributed by atoms with Crippen LogP contribution in [0, 0.1) is 6.92 Å². The predicted octanol–water partition coefficient (Wildman–Crippen LogP) is 1.53. The molecule has 2 heterocycles. The first kappa shape index (κ1) is 16.6. The molecule has 0 aliphatic carbocycles. The smallest absolute Gasteiger partial charge is 0.404 e. The standard InChI is InChI=1S/C14H14ClN5O3/c1-8-16-5-10(6-17-8)7-18-13(21)11-2-9(3-12(15)20-11)4-19-14(22)23/h2-3,5-6,19H,4,7H2,1H3,(H,18,21)(H,22,23). The van der Waals surface area contributed by atoms with Gasteiger partial charge in [0.05, 0.1) is 0 Å². The number of carbonyl (C=O) groups excluding carboxylic acids is 1. The number of carbonyl (C=O) groups is 2. The highest BCUT2D eigenvalue weighted by Crippen LogP contribution is 2.11. The molecule has 2 aromatic heterocycles. The first-order valence-corrected chi connectivity index (χ1v) is 7.01. The summed E-state index contributed by atoms with van der Waals surface area (Å²) in [5.41, 5.74) is 1.39. The summed E-state index contributed by atoms with van der Waals surface area (Å²) in [5.74, 6) is 0.219. The van der Waals surface area contributed by atoms with Crippen LogP contribution in [0.1, 0.15) is 27.4 Å². The van der Waals surface area contributed by atoms with Gasteiger partial charge in [0, 0.05) is 31.0 Å². The van der Waals surface area contributed by atoms with E-state index in [1.54, 1.807) is 19.3 Å². The van der Waals surface area contributed by atoms with Gasteiger partial charge in [-0.25, -0.2) is 19.7 Å². The van der Waals surface area contributed by atoms with Crippen LogP contribution in [-0.4, -0.2) is 32.1 Å². The van der Waals surface area contributed by atoms with Crippen LogP contribution in [0.3, 0.4) is 0 Å². The van der Waals surface area contributed by atoms with E-state index in [-0.39, 0.29) is 23.9 Å². The summed E-state index contributed by atoms with van der Waals surface area (Å²) in [6, 6.07) is 2.96. The zero-order valence-corrected chi connectivity index (χ0v) is 13.0. The molecular weight excluding hydrogens is 322 g/mol. The van der Waals surface area contributed by atoms with Gasteiger partial charge < -0.3 is 15.7 Å². The number of nitrogens with zero attached hydrogens (tertiary/aromatic N) is 3. The average molecular weight is 336 g/mol. The number of hydrogen-bond acceptors (Lipinski definition) is 5. The molecule has 0 aromatic carbocycles. The lowest BCUT2D eigenvalue weighted by atomic mass is 10.2. The Bertz CT molecular complexity index is 721. The van der Waals surface area contributed by atoms with E-state index in [4.69, 9.17) is 16.7 Å². The van der Waals surface area contributed by atoms with E-state index in [0.717, 1.165) is 5.56 Å². The molecule has 2 rings (SSSR count). The van der Waals surface area contributed by atoms with Gasteiger partial charge in [-0.2, -0.15) is 0 Å². The Morgan fingerprint density at radius 3 is 2.43 bits per heavy atom. The van der Waals surface area contributed by atoms with E-state index in [2.05, 4.69) is 25.6 Å². The summed E-state index contributed by atoms with van der Waals surface area (Å²) in [4.78, 5) is 34.6. The molecule has 9 heteroatoms. The van der Waals surface area contributed by atoms with Crippen LogP contribution >= 0.6 is 11.6 Å². The Balaban J connectivity index is 2.03. The highest BCUT2D eigenvalue weighted by molar-refractivity contribution is 6.29. The van der Waals surface area contributed by atoms with Crippen molar-refractivity contribution in [2.45, 2.75) is 20.0 Å². The Labute approximate surface area is 136 Å². The van der Waals surface area contributed by atoms with E-state index in [0.29, 0.717) is 11.4 Å². The van der Waals surface area contributed by atoms with Crippen LogP contribution in [0.4, 0.5) is 4.79 Å². The lowest BCUT2D eigenvalue weighted by Crippen LogP contribution is -2.25. The van der Waals surface area contributed by atoms with Crippen molar-refractivity contribution in [3.8, 4) is 0 Å². The normalized spacial score (nSPS) is 10.2. The van der Waals surface area contributed by atoms with E-state index in [1.165, 1.54) is 12.1 Å². The van der Waals surface area contributed by atoms with Crippen LogP contribution in [-0.2, 0) is 13.1 Å². The molecule has 23 heavy (non-hydrogen) atoms. The highest BCUT2D eigenvalue weighted by Gasteiger charge is 2.11. The van der Waals surface area contributed by atoms with Gasteiger partial charge >= 0.3 is 6.09 Å². The number of pyridine rings is 1. The van der Waals surface area contributed by atoms with Gasteiger partial charge in [0.2, 0.25) is 0 Å². The largest absolute Gasteiger partial charge is 0.465 e. The summed E-state index contributed by atoms with van der Waals surface area (Å²) < 4.78 is 0. The predicted molar refractivity (Wildman–Crippen MR) is 82.1 cm³/mol. The number of aryl methyl sites for hydroxylation is 1. The highest BCUT2D eigenvalue weighted by atomic mass is 35.5. The fourth-order valence-corrected chi connectivity index (χ4v) is 1.96. The number of nitrogens with one attached hydrogen (secondary N) is 2. The van der Waals surface area contributed by atoms with Crippen molar-refractivity contribution in [1.29, 1.82) is 0 Å². The molecule has 0 unspecified atom stereocenters.